The van der Waals surface area contributed by atoms with Gasteiger partial charge in [-0.05, 0) is 113 Å². The van der Waals surface area contributed by atoms with Crippen molar-refractivity contribution >= 4 is 99.6 Å². The third-order valence-corrected chi connectivity index (χ3v) is 15.2. The molecule has 10 amide bonds. The first-order chi connectivity index (χ1) is 44.6. The second-order valence-electron chi connectivity index (χ2n) is 22.8. The van der Waals surface area contributed by atoms with E-state index >= 15 is 4.79 Å². The fraction of sp³-hybridized carbons (Fsp3) is 0.569. The molecule has 2 aromatic rings. The van der Waals surface area contributed by atoms with Gasteiger partial charge in [0.05, 0.1) is 6.10 Å². The van der Waals surface area contributed by atoms with Crippen LogP contribution in [0.4, 0.5) is 0 Å². The average molecular weight is 1320 g/mol. The number of fused-ring (bicyclic) bond motifs is 2. The van der Waals surface area contributed by atoms with Crippen molar-refractivity contribution in [3.05, 3.63) is 48.0 Å². The van der Waals surface area contributed by atoms with Gasteiger partial charge in [-0.1, -0.05) is 42.5 Å². The highest BCUT2D eigenvalue weighted by atomic mass is 16.3. The smallest absolute Gasteiger partial charge is 0.248 e. The van der Waals surface area contributed by atoms with Crippen LogP contribution in [0.2, 0.25) is 0 Å². The summed E-state index contributed by atoms with van der Waals surface area (Å²) in [5.74, 6) is -10.8. The van der Waals surface area contributed by atoms with Gasteiger partial charge in [-0.3, -0.25) is 72.9 Å². The number of benzene rings is 2. The van der Waals surface area contributed by atoms with Gasteiger partial charge in [0.2, 0.25) is 59.1 Å². The number of guanidine groups is 5. The largest absolute Gasteiger partial charge is 0.391 e. The number of aliphatic imine (C=N–C) groups is 5. The zero-order chi connectivity index (χ0) is 69.4. The van der Waals surface area contributed by atoms with E-state index in [0.29, 0.717) is 18.4 Å². The lowest BCUT2D eigenvalue weighted by atomic mass is 9.97. The van der Waals surface area contributed by atoms with Crippen molar-refractivity contribution in [3.63, 3.8) is 0 Å². The van der Waals surface area contributed by atoms with Crippen LogP contribution >= 0.6 is 0 Å². The third-order valence-electron chi connectivity index (χ3n) is 15.2. The van der Waals surface area contributed by atoms with E-state index in [0.717, 1.165) is 10.8 Å². The van der Waals surface area contributed by atoms with Gasteiger partial charge >= 0.3 is 0 Å². The number of hydrogen-bond acceptors (Lipinski definition) is 16. The van der Waals surface area contributed by atoms with E-state index in [1.54, 1.807) is 6.07 Å². The molecule has 0 saturated carbocycles. The fourth-order valence-corrected chi connectivity index (χ4v) is 10.4. The van der Waals surface area contributed by atoms with Crippen molar-refractivity contribution in [3.8, 4) is 0 Å². The van der Waals surface area contributed by atoms with E-state index in [1.807, 2.05) is 36.4 Å². The monoisotopic (exact) mass is 1320 g/mol. The molecule has 0 aromatic heterocycles. The summed E-state index contributed by atoms with van der Waals surface area (Å²) >= 11 is 0. The number of carbonyl (C=O) groups is 10. The van der Waals surface area contributed by atoms with Gasteiger partial charge in [0.25, 0.3) is 0 Å². The summed E-state index contributed by atoms with van der Waals surface area (Å²) in [6, 6.07) is -1.09. The summed E-state index contributed by atoms with van der Waals surface area (Å²) in [5.41, 5.74) is 62.1. The van der Waals surface area contributed by atoms with Crippen LogP contribution in [-0.2, 0) is 54.4 Å². The number of aliphatic hydroxyl groups is 1. The topological polar surface area (TPSA) is 638 Å². The molecule has 2 aromatic carbocycles. The van der Waals surface area contributed by atoms with Gasteiger partial charge in [-0.25, -0.2) is 0 Å². The zero-order valence-electron chi connectivity index (χ0n) is 52.9. The van der Waals surface area contributed by atoms with E-state index in [2.05, 4.69) is 67.5 Å². The molecule has 0 radical (unpaired) electrons. The predicted molar refractivity (Wildman–Crippen MR) is 352 cm³/mol. The number of nitrogens with two attached hydrogens (primary N) is 11. The lowest BCUT2D eigenvalue weighted by Gasteiger charge is -2.38. The molecule has 94 heavy (non-hydrogen) atoms. The van der Waals surface area contributed by atoms with Crippen molar-refractivity contribution in [2.45, 2.75) is 170 Å². The maximum absolute atomic E-state index is 15.0. The van der Waals surface area contributed by atoms with Gasteiger partial charge in [-0.2, -0.15) is 0 Å². The molecule has 31 N–H and O–H groups in total. The number of amides is 10. The number of piperidine rings is 1. The van der Waals surface area contributed by atoms with Gasteiger partial charge in [0.1, 0.15) is 54.4 Å². The first kappa shape index (κ1) is 76.2. The number of primary amides is 1. The number of rotatable bonds is 26. The minimum atomic E-state index is -1.75. The molecule has 2 saturated heterocycles. The van der Waals surface area contributed by atoms with E-state index in [9.17, 15) is 48.3 Å². The molecule has 2 aliphatic rings. The number of aliphatic hydroxyl groups excluding tert-OH is 1. The van der Waals surface area contributed by atoms with Crippen molar-refractivity contribution < 1.29 is 53.1 Å². The Bertz CT molecular complexity index is 3080. The summed E-state index contributed by atoms with van der Waals surface area (Å²) in [5, 5.41) is 34.2. The maximum atomic E-state index is 15.0. The van der Waals surface area contributed by atoms with Crippen LogP contribution in [0.15, 0.2) is 67.4 Å². The number of nitrogens with zero attached hydrogens (tertiary/aromatic N) is 6. The second kappa shape index (κ2) is 39.2. The van der Waals surface area contributed by atoms with Gasteiger partial charge in [-0.15, -0.1) is 0 Å². The molecule has 0 unspecified atom stereocenters. The average Bonchev–Trinajstić information content (AvgIpc) is 0.830. The molecule has 0 bridgehead atoms. The fourth-order valence-electron chi connectivity index (χ4n) is 10.4. The summed E-state index contributed by atoms with van der Waals surface area (Å²) < 4.78 is 0. The van der Waals surface area contributed by atoms with Crippen LogP contribution < -0.4 is 106 Å². The Labute approximate surface area is 543 Å². The van der Waals surface area contributed by atoms with Crippen molar-refractivity contribution in [2.75, 3.05) is 39.3 Å². The summed E-state index contributed by atoms with van der Waals surface area (Å²) in [7, 11) is 0. The molecule has 0 aliphatic carbocycles. The van der Waals surface area contributed by atoms with Crippen molar-refractivity contribution in [1.82, 2.24) is 47.4 Å². The van der Waals surface area contributed by atoms with Crippen LogP contribution in [-0.4, -0.2) is 199 Å². The molecule has 0 spiro atoms. The van der Waals surface area contributed by atoms with E-state index in [-0.39, 0.29) is 146 Å². The van der Waals surface area contributed by atoms with E-state index in [4.69, 9.17) is 63.1 Å². The van der Waals surface area contributed by atoms with Crippen molar-refractivity contribution in [2.24, 2.45) is 88.0 Å². The maximum Gasteiger partial charge on any atom is 0.248 e. The Morgan fingerprint density at radius 2 is 0.798 bits per heavy atom. The van der Waals surface area contributed by atoms with Gasteiger partial charge in [0, 0.05) is 52.1 Å². The molecular weight excluding hydrogens is 1220 g/mol. The summed E-state index contributed by atoms with van der Waals surface area (Å²) in [6.45, 7) is 0.953. The minimum absolute atomic E-state index is 0.0251. The molecular formula is C58H95N25O11. The normalized spacial score (nSPS) is 22.7. The first-order valence-electron chi connectivity index (χ1n) is 31.1. The zero-order valence-corrected chi connectivity index (χ0v) is 52.9. The quantitative estimate of drug-likeness (QED) is 0.0236. The molecule has 10 atom stereocenters. The van der Waals surface area contributed by atoms with E-state index < -0.39 is 132 Å². The molecule has 4 rings (SSSR count). The van der Waals surface area contributed by atoms with Crippen LogP contribution in [0.5, 0.6) is 0 Å². The predicted octanol–water partition coefficient (Wildman–Crippen LogP) is -7.43. The van der Waals surface area contributed by atoms with Crippen LogP contribution in [0.3, 0.4) is 0 Å². The van der Waals surface area contributed by atoms with Gasteiger partial charge in [0.15, 0.2) is 29.8 Å². The molecule has 36 heteroatoms. The Morgan fingerprint density at radius 3 is 1.16 bits per heavy atom. The lowest BCUT2D eigenvalue weighted by molar-refractivity contribution is -0.148. The highest BCUT2D eigenvalue weighted by Crippen LogP contribution is 2.22. The SMILES string of the molecule is C[C@@H](O)[C@H]1NC(=O)[C@H](CCCN=C(N)N)NC(=O)[C@H](CCCN=C(N)N)NC(=O)[C@H](CCCN=C(N)N)NC(=O)[C@H](CCC(N)=O)NC(=O)[C@H](CCCN=C(N)N)NC(=O)[C@H](CCCN=C(N)N)NC(=O)[C@H](Cc2ccc3ccccc3c2)NC(=O)[C@@H]2CCCCN2C1=O. The Kier molecular flexibility index (Phi) is 31.8. The van der Waals surface area contributed by atoms with E-state index in [1.165, 1.54) is 11.8 Å². The lowest BCUT2D eigenvalue weighted by Crippen LogP contribution is -2.63. The Morgan fingerprint density at radius 1 is 0.457 bits per heavy atom. The van der Waals surface area contributed by atoms with Gasteiger partial charge < -0.3 is 116 Å². The third kappa shape index (κ3) is 26.9. The highest BCUT2D eigenvalue weighted by Gasteiger charge is 2.41. The summed E-state index contributed by atoms with van der Waals surface area (Å²) in [4.78, 5) is 167. The number of carbonyl (C=O) groups excluding carboxylic acids is 10. The molecule has 2 aliphatic heterocycles. The number of hydrogen-bond donors (Lipinski definition) is 20. The molecule has 36 nitrogen and oxygen atoms in total. The van der Waals surface area contributed by atoms with Crippen LogP contribution in [0, 0.1) is 0 Å². The minimum Gasteiger partial charge on any atom is -0.391 e. The molecule has 518 valence electrons. The Balaban J connectivity index is 1.98. The van der Waals surface area contributed by atoms with Crippen LogP contribution in [0.25, 0.3) is 10.8 Å². The highest BCUT2D eigenvalue weighted by molar-refractivity contribution is 6.00. The summed E-state index contributed by atoms with van der Waals surface area (Å²) in [6.07, 6.45) is -2.66. The first-order valence-corrected chi connectivity index (χ1v) is 31.1. The molecule has 2 heterocycles. The van der Waals surface area contributed by atoms with Crippen molar-refractivity contribution in [1.29, 1.82) is 0 Å². The molecule has 2 fully saturated rings. The Hall–Kier alpha value is -10.3. The number of nitrogens with one attached hydrogen (secondary N) is 8. The second-order valence-corrected chi connectivity index (χ2v) is 22.8. The standard InChI is InChI=1S/C58H95N25O11/c1-31(84)44-53(94)83-28-5-4-18-42(83)52(93)81-41(30-32-19-20-33-11-2-3-12-34(33)29-32)51(92)79-38(16-9-26-73-57(66)67)47(88)76-37(15-8-25-72-56(64)65)48(89)80-40(21-22-43(59)85)49(90)77-36(14-7-24-71-55(62)63)45(86)75-35(13-6-23-70-54(60)61)46(87)78-39(50(91)82-44)17-10-27-74-58(68)69/h2-3,11-12,19-20,29,31,35-42,44,84H,4-10,13-18,21-28,30H2,1H3,(H2,59,85)(H,75,86)(H,76,88)(H,77,90)(H,78,87)(H,79,92)(H,80,89)(H,81,93)(H,82,91)(H4,60,61,70)(H4,62,63,71)(H4,64,65,72)(H4,66,67,73)(H4,68,69,74)/t31-,35+,36+,37+,38+,39+,40+,41+,42+,44-/m1/s1. The van der Waals surface area contributed by atoms with Crippen LogP contribution in [0.1, 0.15) is 109 Å².